The number of pyridine rings is 1. The lowest BCUT2D eigenvalue weighted by atomic mass is 9.77. The van der Waals surface area contributed by atoms with Crippen molar-refractivity contribution in [3.05, 3.63) is 23.5 Å². The first-order valence-corrected chi connectivity index (χ1v) is 8.25. The maximum atomic E-state index is 11.0. The zero-order valence-corrected chi connectivity index (χ0v) is 15.4. The molecule has 1 aromatic heterocycles. The monoisotopic (exact) mass is 317 g/mol. The van der Waals surface area contributed by atoms with Crippen LogP contribution in [0.5, 0.6) is 0 Å². The molecule has 2 rings (SSSR count). The van der Waals surface area contributed by atoms with Crippen LogP contribution in [-0.2, 0) is 20.5 Å². The molecule has 0 amide bonds. The molecule has 1 fully saturated rings. The van der Waals surface area contributed by atoms with E-state index in [9.17, 15) is 4.79 Å². The van der Waals surface area contributed by atoms with Gasteiger partial charge in [-0.05, 0) is 59.1 Å². The Morgan fingerprint density at radius 3 is 2.26 bits per heavy atom. The van der Waals surface area contributed by atoms with Gasteiger partial charge >= 0.3 is 7.12 Å². The highest BCUT2D eigenvalue weighted by atomic mass is 16.7. The maximum Gasteiger partial charge on any atom is 0.496 e. The van der Waals surface area contributed by atoms with Gasteiger partial charge in [0.15, 0.2) is 0 Å². The molecular weight excluding hydrogens is 289 g/mol. The van der Waals surface area contributed by atoms with E-state index in [-0.39, 0.29) is 23.7 Å². The molecule has 0 bridgehead atoms. The number of carbonyl (C=O) groups is 1. The number of hydrogen-bond acceptors (Lipinski definition) is 4. The van der Waals surface area contributed by atoms with Crippen LogP contribution < -0.4 is 5.46 Å². The molecule has 1 saturated heterocycles. The normalized spacial score (nSPS) is 19.9. The van der Waals surface area contributed by atoms with E-state index in [1.165, 1.54) is 0 Å². The molecule has 1 aromatic rings. The summed E-state index contributed by atoms with van der Waals surface area (Å²) in [5, 5.41) is 0. The van der Waals surface area contributed by atoms with Gasteiger partial charge in [-0.25, -0.2) is 0 Å². The van der Waals surface area contributed by atoms with Gasteiger partial charge < -0.3 is 14.1 Å². The van der Waals surface area contributed by atoms with Gasteiger partial charge in [-0.15, -0.1) is 0 Å². The lowest BCUT2D eigenvalue weighted by Crippen LogP contribution is -2.41. The summed E-state index contributed by atoms with van der Waals surface area (Å²) in [4.78, 5) is 15.6. The van der Waals surface area contributed by atoms with Crippen LogP contribution in [0.1, 0.15) is 59.2 Å². The molecule has 0 spiro atoms. The predicted octanol–water partition coefficient (Wildman–Crippen LogP) is 2.85. The summed E-state index contributed by atoms with van der Waals surface area (Å²) in [6.45, 7) is 14.1. The second-order valence-electron chi connectivity index (χ2n) is 8.23. The SMILES string of the molecule is Cc1cc(CCC(C)(C)C=O)ncc1B1OC(C)(C)C(C)(C)O1. The Balaban J connectivity index is 2.13. The number of rotatable bonds is 5. The van der Waals surface area contributed by atoms with Gasteiger partial charge in [0, 0.05) is 22.8 Å². The number of aromatic nitrogens is 1. The molecule has 126 valence electrons. The minimum Gasteiger partial charge on any atom is -0.399 e. The summed E-state index contributed by atoms with van der Waals surface area (Å²) in [7, 11) is -0.382. The zero-order chi connectivity index (χ0) is 17.5. The molecule has 1 aliphatic heterocycles. The van der Waals surface area contributed by atoms with Gasteiger partial charge in [-0.1, -0.05) is 13.8 Å². The molecule has 5 heteroatoms. The number of nitrogens with zero attached hydrogens (tertiary/aromatic N) is 1. The predicted molar refractivity (Wildman–Crippen MR) is 92.9 cm³/mol. The van der Waals surface area contributed by atoms with Gasteiger partial charge in [0.25, 0.3) is 0 Å². The van der Waals surface area contributed by atoms with E-state index in [1.54, 1.807) is 0 Å². The Morgan fingerprint density at radius 1 is 1.22 bits per heavy atom. The van der Waals surface area contributed by atoms with E-state index in [4.69, 9.17) is 9.31 Å². The molecule has 0 saturated carbocycles. The maximum absolute atomic E-state index is 11.0. The first-order chi connectivity index (χ1) is 10.5. The van der Waals surface area contributed by atoms with Crippen molar-refractivity contribution in [1.29, 1.82) is 0 Å². The van der Waals surface area contributed by atoms with Crippen molar-refractivity contribution in [2.24, 2.45) is 5.41 Å². The second kappa shape index (κ2) is 6.02. The average molecular weight is 317 g/mol. The molecule has 0 radical (unpaired) electrons. The van der Waals surface area contributed by atoms with Gasteiger partial charge in [0.1, 0.15) is 6.29 Å². The van der Waals surface area contributed by atoms with Crippen LogP contribution in [-0.4, -0.2) is 29.6 Å². The Bertz CT molecular complexity index is 580. The minimum absolute atomic E-state index is 0.306. The molecule has 0 atom stereocenters. The van der Waals surface area contributed by atoms with E-state index in [0.29, 0.717) is 0 Å². The van der Waals surface area contributed by atoms with E-state index >= 15 is 0 Å². The number of aldehydes is 1. The van der Waals surface area contributed by atoms with E-state index in [0.717, 1.165) is 35.8 Å². The Kier molecular flexibility index (Phi) is 4.75. The topological polar surface area (TPSA) is 48.4 Å². The zero-order valence-electron chi connectivity index (χ0n) is 15.4. The van der Waals surface area contributed by atoms with E-state index in [2.05, 4.69) is 18.0 Å². The van der Waals surface area contributed by atoms with Gasteiger partial charge in [-0.2, -0.15) is 0 Å². The van der Waals surface area contributed by atoms with Gasteiger partial charge in [0.2, 0.25) is 0 Å². The number of aryl methyl sites for hydroxylation is 2. The summed E-state index contributed by atoms with van der Waals surface area (Å²) < 4.78 is 12.2. The van der Waals surface area contributed by atoms with Crippen molar-refractivity contribution >= 4 is 18.9 Å². The van der Waals surface area contributed by atoms with Crippen molar-refractivity contribution < 1.29 is 14.1 Å². The fourth-order valence-electron chi connectivity index (χ4n) is 2.49. The molecule has 23 heavy (non-hydrogen) atoms. The summed E-state index contributed by atoms with van der Waals surface area (Å²) in [6, 6.07) is 2.07. The lowest BCUT2D eigenvalue weighted by Gasteiger charge is -2.32. The van der Waals surface area contributed by atoms with Crippen molar-refractivity contribution in [2.45, 2.75) is 72.5 Å². The first kappa shape index (κ1) is 18.1. The molecule has 0 aromatic carbocycles. The third-order valence-corrected chi connectivity index (χ3v) is 5.06. The fraction of sp³-hybridized carbons (Fsp3) is 0.667. The van der Waals surface area contributed by atoms with Crippen LogP contribution in [0, 0.1) is 12.3 Å². The van der Waals surface area contributed by atoms with Crippen LogP contribution in [0.3, 0.4) is 0 Å². The van der Waals surface area contributed by atoms with Crippen LogP contribution in [0.15, 0.2) is 12.3 Å². The second-order valence-corrected chi connectivity index (χ2v) is 8.23. The van der Waals surface area contributed by atoms with Gasteiger partial charge in [-0.3, -0.25) is 4.98 Å². The third kappa shape index (κ3) is 3.83. The summed E-state index contributed by atoms with van der Waals surface area (Å²) in [5.74, 6) is 0. The van der Waals surface area contributed by atoms with Crippen molar-refractivity contribution in [3.8, 4) is 0 Å². The third-order valence-electron chi connectivity index (χ3n) is 5.06. The average Bonchev–Trinajstić information content (AvgIpc) is 2.65. The van der Waals surface area contributed by atoms with Crippen LogP contribution in [0.25, 0.3) is 0 Å². The highest BCUT2D eigenvalue weighted by molar-refractivity contribution is 6.62. The van der Waals surface area contributed by atoms with Crippen molar-refractivity contribution in [3.63, 3.8) is 0 Å². The standard InChI is InChI=1S/C18H28BNO3/c1-13-10-14(8-9-16(2,3)12-21)20-11-15(13)19-22-17(4,5)18(6,7)23-19/h10-12H,8-9H2,1-7H3. The summed E-state index contributed by atoms with van der Waals surface area (Å²) in [5.41, 5.74) is 2.07. The quantitative estimate of drug-likeness (QED) is 0.619. The highest BCUT2D eigenvalue weighted by Crippen LogP contribution is 2.36. The van der Waals surface area contributed by atoms with Gasteiger partial charge in [0.05, 0.1) is 11.2 Å². The fourth-order valence-corrected chi connectivity index (χ4v) is 2.49. The number of carbonyl (C=O) groups excluding carboxylic acids is 1. The Morgan fingerprint density at radius 2 is 1.78 bits per heavy atom. The molecule has 0 N–H and O–H groups in total. The largest absolute Gasteiger partial charge is 0.496 e. The molecular formula is C18H28BNO3. The number of hydrogen-bond donors (Lipinski definition) is 0. The summed E-state index contributed by atoms with van der Waals surface area (Å²) >= 11 is 0. The Labute approximate surface area is 140 Å². The molecule has 1 aliphatic rings. The molecule has 4 nitrogen and oxygen atoms in total. The molecule has 0 unspecified atom stereocenters. The van der Waals surface area contributed by atoms with Crippen molar-refractivity contribution in [1.82, 2.24) is 4.98 Å². The first-order valence-electron chi connectivity index (χ1n) is 8.25. The van der Waals surface area contributed by atoms with Crippen LogP contribution >= 0.6 is 0 Å². The van der Waals surface area contributed by atoms with E-state index in [1.807, 2.05) is 47.7 Å². The van der Waals surface area contributed by atoms with E-state index < -0.39 is 0 Å². The van der Waals surface area contributed by atoms with Crippen LogP contribution in [0.2, 0.25) is 0 Å². The highest BCUT2D eigenvalue weighted by Gasteiger charge is 2.52. The van der Waals surface area contributed by atoms with Crippen molar-refractivity contribution in [2.75, 3.05) is 0 Å². The smallest absolute Gasteiger partial charge is 0.399 e. The Hall–Kier alpha value is -1.20. The van der Waals surface area contributed by atoms with Crippen LogP contribution in [0.4, 0.5) is 0 Å². The molecule has 0 aliphatic carbocycles. The molecule has 2 heterocycles. The lowest BCUT2D eigenvalue weighted by molar-refractivity contribution is -0.114. The summed E-state index contributed by atoms with van der Waals surface area (Å²) in [6.07, 6.45) is 4.44. The minimum atomic E-state index is -0.382.